The molecule has 34 heavy (non-hydrogen) atoms. The molecular weight excluding hydrogens is 474 g/mol. The molecule has 4 rings (SSSR count). The van der Waals surface area contributed by atoms with Gasteiger partial charge in [-0.3, -0.25) is 4.79 Å². The van der Waals surface area contributed by atoms with Gasteiger partial charge in [-0.1, -0.05) is 17.3 Å². The van der Waals surface area contributed by atoms with Crippen LogP contribution in [0.15, 0.2) is 52.4 Å². The number of ether oxygens (including phenoxy) is 2. The molecule has 1 aliphatic rings. The van der Waals surface area contributed by atoms with Crippen molar-refractivity contribution >= 4 is 37.5 Å². The first kappa shape index (κ1) is 24.0. The Hall–Kier alpha value is -3.13. The van der Waals surface area contributed by atoms with E-state index in [1.807, 2.05) is 22.8 Å². The molecule has 1 saturated heterocycles. The van der Waals surface area contributed by atoms with Gasteiger partial charge < -0.3 is 14.0 Å². The molecule has 3 aromatic rings. The molecule has 0 atom stereocenters. The van der Waals surface area contributed by atoms with Crippen molar-refractivity contribution in [3.8, 4) is 23.8 Å². The van der Waals surface area contributed by atoms with Gasteiger partial charge in [0.25, 0.3) is 5.91 Å². The van der Waals surface area contributed by atoms with E-state index in [1.165, 1.54) is 34.9 Å². The Kier molecular flexibility index (Phi) is 7.07. The Bertz CT molecular complexity index is 1410. The molecule has 178 valence electrons. The van der Waals surface area contributed by atoms with Crippen LogP contribution in [0.4, 0.5) is 0 Å². The van der Waals surface area contributed by atoms with Crippen LogP contribution in [0.5, 0.6) is 11.5 Å². The maximum Gasteiger partial charge on any atom is 0.251 e. The SMILES string of the molecule is C#CCn1c(=NC(=O)C2CCN(S(=O)(=O)c3ccc(OC)cc3)CC2)sc2cc(OC)ccc21. The highest BCUT2D eigenvalue weighted by Gasteiger charge is 2.32. The molecule has 8 nitrogen and oxygen atoms in total. The lowest BCUT2D eigenvalue weighted by Crippen LogP contribution is -2.40. The molecule has 1 amide bonds. The van der Waals surface area contributed by atoms with E-state index in [2.05, 4.69) is 10.9 Å². The number of aromatic nitrogens is 1. The second-order valence-electron chi connectivity index (χ2n) is 7.81. The fourth-order valence-electron chi connectivity index (χ4n) is 3.94. The summed E-state index contributed by atoms with van der Waals surface area (Å²) in [5.41, 5.74) is 0.885. The first-order chi connectivity index (χ1) is 16.4. The second kappa shape index (κ2) is 10.0. The van der Waals surface area contributed by atoms with Crippen molar-refractivity contribution < 1.29 is 22.7 Å². The molecule has 1 aromatic heterocycles. The minimum atomic E-state index is -3.63. The number of sulfonamides is 1. The van der Waals surface area contributed by atoms with Gasteiger partial charge in [0.2, 0.25) is 10.0 Å². The third-order valence-corrected chi connectivity index (χ3v) is 8.80. The van der Waals surface area contributed by atoms with Crippen LogP contribution in [0, 0.1) is 18.3 Å². The van der Waals surface area contributed by atoms with Crippen LogP contribution >= 0.6 is 11.3 Å². The summed E-state index contributed by atoms with van der Waals surface area (Å²) in [4.78, 5) is 18.1. The van der Waals surface area contributed by atoms with E-state index in [9.17, 15) is 13.2 Å². The summed E-state index contributed by atoms with van der Waals surface area (Å²) >= 11 is 1.37. The van der Waals surface area contributed by atoms with E-state index in [0.717, 1.165) is 10.2 Å². The minimum Gasteiger partial charge on any atom is -0.497 e. The minimum absolute atomic E-state index is 0.207. The summed E-state index contributed by atoms with van der Waals surface area (Å²) < 4.78 is 40.5. The normalized spacial score (nSPS) is 15.9. The van der Waals surface area contributed by atoms with Gasteiger partial charge in [0.15, 0.2) is 4.80 Å². The highest BCUT2D eigenvalue weighted by atomic mass is 32.2. The van der Waals surface area contributed by atoms with Crippen molar-refractivity contribution in [3.05, 3.63) is 47.3 Å². The van der Waals surface area contributed by atoms with Gasteiger partial charge in [0.1, 0.15) is 11.5 Å². The van der Waals surface area contributed by atoms with Gasteiger partial charge in [-0.05, 0) is 55.3 Å². The topological polar surface area (TPSA) is 90.2 Å². The van der Waals surface area contributed by atoms with E-state index in [4.69, 9.17) is 15.9 Å². The lowest BCUT2D eigenvalue weighted by molar-refractivity contribution is -0.122. The Labute approximate surface area is 202 Å². The van der Waals surface area contributed by atoms with E-state index < -0.39 is 10.0 Å². The summed E-state index contributed by atoms with van der Waals surface area (Å²) in [5.74, 6) is 3.31. The number of hydrogen-bond acceptors (Lipinski definition) is 6. The predicted octanol–water partition coefficient (Wildman–Crippen LogP) is 2.88. The summed E-state index contributed by atoms with van der Waals surface area (Å²) in [6.07, 6.45) is 6.36. The number of piperidine rings is 1. The number of hydrogen-bond donors (Lipinski definition) is 0. The number of carbonyl (C=O) groups is 1. The van der Waals surface area contributed by atoms with E-state index in [-0.39, 0.29) is 36.4 Å². The van der Waals surface area contributed by atoms with E-state index >= 15 is 0 Å². The Morgan fingerprint density at radius 3 is 2.38 bits per heavy atom. The quantitative estimate of drug-likeness (QED) is 0.487. The number of nitrogens with zero attached hydrogens (tertiary/aromatic N) is 3. The zero-order chi connectivity index (χ0) is 24.3. The van der Waals surface area contributed by atoms with Crippen LogP contribution in [0.3, 0.4) is 0 Å². The van der Waals surface area contributed by atoms with Crippen molar-refractivity contribution in [2.75, 3.05) is 27.3 Å². The van der Waals surface area contributed by atoms with Crippen LogP contribution in [0.2, 0.25) is 0 Å². The Balaban J connectivity index is 1.52. The first-order valence-electron chi connectivity index (χ1n) is 10.7. The molecule has 0 radical (unpaired) electrons. The molecule has 0 spiro atoms. The number of fused-ring (bicyclic) bond motifs is 1. The van der Waals surface area contributed by atoms with Crippen molar-refractivity contribution in [2.45, 2.75) is 24.3 Å². The van der Waals surface area contributed by atoms with Gasteiger partial charge in [0.05, 0.1) is 35.9 Å². The largest absolute Gasteiger partial charge is 0.497 e. The van der Waals surface area contributed by atoms with Crippen molar-refractivity contribution in [3.63, 3.8) is 0 Å². The zero-order valence-corrected chi connectivity index (χ0v) is 20.6. The lowest BCUT2D eigenvalue weighted by Gasteiger charge is -2.29. The van der Waals surface area contributed by atoms with Crippen molar-refractivity contribution in [2.24, 2.45) is 10.9 Å². The summed E-state index contributed by atoms with van der Waals surface area (Å²) in [7, 11) is -0.508. The highest BCUT2D eigenvalue weighted by Crippen LogP contribution is 2.26. The number of methoxy groups -OCH3 is 2. The maximum atomic E-state index is 13.0. The van der Waals surface area contributed by atoms with Crippen LogP contribution in [0.25, 0.3) is 10.2 Å². The standard InChI is InChI=1S/C24H25N3O5S2/c1-4-13-27-21-10-7-19(32-3)16-22(21)33-24(27)25-23(28)17-11-14-26(15-12-17)34(29,30)20-8-5-18(31-2)6-9-20/h1,5-10,16-17H,11-15H2,2-3H3. The van der Waals surface area contributed by atoms with Gasteiger partial charge in [0, 0.05) is 19.0 Å². The van der Waals surface area contributed by atoms with Gasteiger partial charge in [-0.25, -0.2) is 8.42 Å². The fraction of sp³-hybridized carbons (Fsp3) is 0.333. The Morgan fingerprint density at radius 1 is 1.12 bits per heavy atom. The molecule has 0 bridgehead atoms. The number of thiazole rings is 1. The molecule has 0 saturated carbocycles. The van der Waals surface area contributed by atoms with Gasteiger partial charge in [-0.2, -0.15) is 9.30 Å². The molecule has 0 N–H and O–H groups in total. The average Bonchev–Trinajstić information content (AvgIpc) is 3.20. The maximum absolute atomic E-state index is 13.0. The molecule has 10 heteroatoms. The lowest BCUT2D eigenvalue weighted by atomic mass is 9.98. The number of benzene rings is 2. The monoisotopic (exact) mass is 499 g/mol. The second-order valence-corrected chi connectivity index (χ2v) is 10.8. The van der Waals surface area contributed by atoms with Crippen LogP contribution < -0.4 is 14.3 Å². The smallest absolute Gasteiger partial charge is 0.251 e. The predicted molar refractivity (Wildman–Crippen MR) is 130 cm³/mol. The van der Waals surface area contributed by atoms with Crippen LogP contribution in [-0.2, 0) is 21.4 Å². The van der Waals surface area contributed by atoms with Crippen LogP contribution in [0.1, 0.15) is 12.8 Å². The van der Waals surface area contributed by atoms with E-state index in [0.29, 0.717) is 29.1 Å². The van der Waals surface area contributed by atoms with Gasteiger partial charge >= 0.3 is 0 Å². The zero-order valence-electron chi connectivity index (χ0n) is 18.9. The molecule has 1 aliphatic heterocycles. The van der Waals surface area contributed by atoms with Crippen molar-refractivity contribution in [1.29, 1.82) is 0 Å². The molecule has 0 unspecified atom stereocenters. The molecule has 0 aliphatic carbocycles. The highest BCUT2D eigenvalue weighted by molar-refractivity contribution is 7.89. The molecule has 2 aromatic carbocycles. The van der Waals surface area contributed by atoms with Crippen molar-refractivity contribution in [1.82, 2.24) is 8.87 Å². The molecular formula is C24H25N3O5S2. The summed E-state index contributed by atoms with van der Waals surface area (Å²) in [6, 6.07) is 11.9. The van der Waals surface area contributed by atoms with Crippen LogP contribution in [-0.4, -0.2) is 50.5 Å². The Morgan fingerprint density at radius 2 is 1.76 bits per heavy atom. The third-order valence-electron chi connectivity index (χ3n) is 5.85. The number of terminal acetylenes is 1. The summed E-state index contributed by atoms with van der Waals surface area (Å²) in [6.45, 7) is 0.805. The average molecular weight is 500 g/mol. The molecule has 2 heterocycles. The fourth-order valence-corrected chi connectivity index (χ4v) is 6.47. The number of amides is 1. The molecule has 1 fully saturated rings. The summed E-state index contributed by atoms with van der Waals surface area (Å²) in [5, 5.41) is 0. The number of rotatable bonds is 6. The third kappa shape index (κ3) is 4.73. The van der Waals surface area contributed by atoms with E-state index in [1.54, 1.807) is 19.2 Å². The first-order valence-corrected chi connectivity index (χ1v) is 13.0. The van der Waals surface area contributed by atoms with Gasteiger partial charge in [-0.15, -0.1) is 6.42 Å². The number of carbonyl (C=O) groups excluding carboxylic acids is 1.